The van der Waals surface area contributed by atoms with E-state index in [0.29, 0.717) is 11.5 Å². The number of allylic oxidation sites excluding steroid dienone is 4. The van der Waals surface area contributed by atoms with Crippen molar-refractivity contribution in [1.82, 2.24) is 9.97 Å². The molecular formula is C12H17N5. The first-order valence-electron chi connectivity index (χ1n) is 5.16. The average Bonchev–Trinajstić information content (AvgIpc) is 2.22. The number of aromatic nitrogens is 2. The Kier molecular flexibility index (Phi) is 4.28. The molecule has 5 heteroatoms. The molecule has 0 bridgehead atoms. The summed E-state index contributed by atoms with van der Waals surface area (Å²) >= 11 is 0. The highest BCUT2D eigenvalue weighted by Gasteiger charge is 1.99. The van der Waals surface area contributed by atoms with E-state index in [2.05, 4.69) is 21.9 Å². The van der Waals surface area contributed by atoms with E-state index >= 15 is 0 Å². The van der Waals surface area contributed by atoms with Crippen molar-refractivity contribution in [3.63, 3.8) is 0 Å². The first-order valence-corrected chi connectivity index (χ1v) is 5.16. The standard InChI is InChI=1S/C12H17N5/c1-4-10(6-5-8(2)13)16-11-7-9(3)15-12(14)17-11/h4-7H,1,13H2,2-3H3,(H3,14,15,16,17)/b8-5+,10-6+. The van der Waals surface area contributed by atoms with Crippen molar-refractivity contribution in [3.8, 4) is 0 Å². The second-order valence-corrected chi connectivity index (χ2v) is 3.61. The number of nitrogens with two attached hydrogens (primary N) is 2. The van der Waals surface area contributed by atoms with Crippen LogP contribution < -0.4 is 16.8 Å². The molecule has 17 heavy (non-hydrogen) atoms. The molecule has 0 aliphatic heterocycles. The van der Waals surface area contributed by atoms with E-state index in [1.165, 1.54) is 0 Å². The van der Waals surface area contributed by atoms with Gasteiger partial charge in [-0.2, -0.15) is 4.98 Å². The van der Waals surface area contributed by atoms with Gasteiger partial charge in [-0.25, -0.2) is 4.98 Å². The van der Waals surface area contributed by atoms with Crippen LogP contribution in [-0.2, 0) is 0 Å². The predicted octanol–water partition coefficient (Wildman–Crippen LogP) is 1.71. The van der Waals surface area contributed by atoms with E-state index in [1.807, 2.05) is 19.9 Å². The van der Waals surface area contributed by atoms with E-state index < -0.39 is 0 Å². The first kappa shape index (κ1) is 12.8. The Labute approximate surface area is 101 Å². The van der Waals surface area contributed by atoms with E-state index in [1.54, 1.807) is 18.2 Å². The van der Waals surface area contributed by atoms with E-state index in [4.69, 9.17) is 11.5 Å². The lowest BCUT2D eigenvalue weighted by Gasteiger charge is -2.07. The van der Waals surface area contributed by atoms with Crippen LogP contribution in [0.5, 0.6) is 0 Å². The number of nitrogens with zero attached hydrogens (tertiary/aromatic N) is 2. The van der Waals surface area contributed by atoms with Gasteiger partial charge < -0.3 is 16.8 Å². The molecule has 0 aliphatic carbocycles. The molecule has 1 aromatic rings. The third kappa shape index (κ3) is 4.38. The van der Waals surface area contributed by atoms with Crippen molar-refractivity contribution in [2.45, 2.75) is 13.8 Å². The highest BCUT2D eigenvalue weighted by atomic mass is 15.1. The number of hydrogen-bond acceptors (Lipinski definition) is 5. The molecule has 0 spiro atoms. The Morgan fingerprint density at radius 2 is 2.12 bits per heavy atom. The smallest absolute Gasteiger partial charge is 0.222 e. The van der Waals surface area contributed by atoms with Gasteiger partial charge in [-0.3, -0.25) is 0 Å². The van der Waals surface area contributed by atoms with Crippen molar-refractivity contribution < 1.29 is 0 Å². The Hall–Kier alpha value is -2.30. The number of nitrogen functional groups attached to an aromatic ring is 1. The van der Waals surface area contributed by atoms with Gasteiger partial charge in [0.15, 0.2) is 0 Å². The third-order valence-corrected chi connectivity index (χ3v) is 1.89. The van der Waals surface area contributed by atoms with Gasteiger partial charge in [0.1, 0.15) is 5.82 Å². The maximum atomic E-state index is 5.56. The van der Waals surface area contributed by atoms with Gasteiger partial charge in [0.25, 0.3) is 0 Å². The maximum absolute atomic E-state index is 5.56. The van der Waals surface area contributed by atoms with Gasteiger partial charge in [0.05, 0.1) is 0 Å². The second-order valence-electron chi connectivity index (χ2n) is 3.61. The normalized spacial score (nSPS) is 12.4. The maximum Gasteiger partial charge on any atom is 0.222 e. The van der Waals surface area contributed by atoms with Crippen molar-refractivity contribution in [1.29, 1.82) is 0 Å². The molecule has 0 unspecified atom stereocenters. The predicted molar refractivity (Wildman–Crippen MR) is 71.0 cm³/mol. The van der Waals surface area contributed by atoms with Crippen LogP contribution in [0, 0.1) is 6.92 Å². The van der Waals surface area contributed by atoms with E-state index in [9.17, 15) is 0 Å². The Morgan fingerprint density at radius 1 is 1.41 bits per heavy atom. The molecule has 1 rings (SSSR count). The highest BCUT2D eigenvalue weighted by Crippen LogP contribution is 2.10. The molecule has 90 valence electrons. The van der Waals surface area contributed by atoms with Gasteiger partial charge in [-0.1, -0.05) is 6.58 Å². The molecule has 5 N–H and O–H groups in total. The Balaban J connectivity index is 2.91. The summed E-state index contributed by atoms with van der Waals surface area (Å²) in [5.41, 5.74) is 13.4. The highest BCUT2D eigenvalue weighted by molar-refractivity contribution is 5.48. The summed E-state index contributed by atoms with van der Waals surface area (Å²) in [6, 6.07) is 1.80. The van der Waals surface area contributed by atoms with Gasteiger partial charge >= 0.3 is 0 Å². The summed E-state index contributed by atoms with van der Waals surface area (Å²) in [6.45, 7) is 7.37. The van der Waals surface area contributed by atoms with Gasteiger partial charge in [-0.05, 0) is 32.1 Å². The molecule has 0 fully saturated rings. The molecule has 0 aliphatic rings. The van der Waals surface area contributed by atoms with Crippen LogP contribution in [0.4, 0.5) is 11.8 Å². The first-order chi connectivity index (χ1) is 8.01. The molecule has 0 atom stereocenters. The number of anilines is 2. The van der Waals surface area contributed by atoms with Crippen LogP contribution in [-0.4, -0.2) is 9.97 Å². The minimum Gasteiger partial charge on any atom is -0.402 e. The van der Waals surface area contributed by atoms with Crippen molar-refractivity contribution in [2.75, 3.05) is 11.1 Å². The fraction of sp³-hybridized carbons (Fsp3) is 0.167. The minimum absolute atomic E-state index is 0.237. The van der Waals surface area contributed by atoms with Gasteiger partial charge in [0, 0.05) is 23.2 Å². The number of nitrogens with one attached hydrogen (secondary N) is 1. The summed E-state index contributed by atoms with van der Waals surface area (Å²) < 4.78 is 0. The summed E-state index contributed by atoms with van der Waals surface area (Å²) in [5.74, 6) is 0.866. The van der Waals surface area contributed by atoms with Crippen molar-refractivity contribution in [2.24, 2.45) is 5.73 Å². The molecule has 0 amide bonds. The molecular weight excluding hydrogens is 214 g/mol. The zero-order valence-electron chi connectivity index (χ0n) is 10.1. The van der Waals surface area contributed by atoms with Crippen molar-refractivity contribution in [3.05, 3.63) is 48.0 Å². The zero-order chi connectivity index (χ0) is 12.8. The zero-order valence-corrected chi connectivity index (χ0v) is 10.1. The number of hydrogen-bond donors (Lipinski definition) is 3. The Morgan fingerprint density at radius 3 is 2.65 bits per heavy atom. The molecule has 0 aromatic carbocycles. The summed E-state index contributed by atoms with van der Waals surface area (Å²) in [6.07, 6.45) is 5.27. The SMILES string of the molecule is C=C/C(=C\C=C(/C)N)Nc1cc(C)nc(N)n1. The molecule has 0 radical (unpaired) electrons. The van der Waals surface area contributed by atoms with Crippen LogP contribution in [0.1, 0.15) is 12.6 Å². The molecule has 1 aromatic heterocycles. The van der Waals surface area contributed by atoms with Crippen molar-refractivity contribution >= 4 is 11.8 Å². The third-order valence-electron chi connectivity index (χ3n) is 1.89. The van der Waals surface area contributed by atoms with E-state index in [-0.39, 0.29) is 5.95 Å². The monoisotopic (exact) mass is 231 g/mol. The second kappa shape index (κ2) is 5.69. The van der Waals surface area contributed by atoms with Gasteiger partial charge in [-0.15, -0.1) is 0 Å². The van der Waals surface area contributed by atoms with Crippen LogP contribution in [0.15, 0.2) is 42.3 Å². The van der Waals surface area contributed by atoms with Crippen LogP contribution in [0.25, 0.3) is 0 Å². The van der Waals surface area contributed by atoms with Gasteiger partial charge in [0.2, 0.25) is 5.95 Å². The fourth-order valence-electron chi connectivity index (χ4n) is 1.19. The average molecular weight is 231 g/mol. The van der Waals surface area contributed by atoms with Crippen LogP contribution >= 0.6 is 0 Å². The molecule has 0 saturated heterocycles. The largest absolute Gasteiger partial charge is 0.402 e. The number of aryl methyl sites for hydroxylation is 1. The van der Waals surface area contributed by atoms with E-state index in [0.717, 1.165) is 11.4 Å². The lowest BCUT2D eigenvalue weighted by atomic mass is 10.3. The summed E-state index contributed by atoms with van der Waals surface area (Å²) in [5, 5.41) is 3.08. The summed E-state index contributed by atoms with van der Waals surface area (Å²) in [4.78, 5) is 8.05. The lowest BCUT2D eigenvalue weighted by Crippen LogP contribution is -2.04. The fourth-order valence-corrected chi connectivity index (χ4v) is 1.19. The topological polar surface area (TPSA) is 89.8 Å². The molecule has 1 heterocycles. The Bertz CT molecular complexity index is 450. The quantitative estimate of drug-likeness (QED) is 0.686. The lowest BCUT2D eigenvalue weighted by molar-refractivity contribution is 1.12. The summed E-state index contributed by atoms with van der Waals surface area (Å²) in [7, 11) is 0. The van der Waals surface area contributed by atoms with Crippen LogP contribution in [0.2, 0.25) is 0 Å². The molecule has 5 nitrogen and oxygen atoms in total. The minimum atomic E-state index is 0.237. The molecule has 0 saturated carbocycles. The van der Waals surface area contributed by atoms with Crippen LogP contribution in [0.3, 0.4) is 0 Å². The number of rotatable bonds is 4.